The predicted octanol–water partition coefficient (Wildman–Crippen LogP) is 3.32. The van der Waals surface area contributed by atoms with Crippen LogP contribution in [0, 0.1) is 0 Å². The maximum Gasteiger partial charge on any atom is 0.303 e. The first-order chi connectivity index (χ1) is 6.77. The SMILES string of the molecule is CC=CCC=CC=CCCCC(=O)O. The van der Waals surface area contributed by atoms with Crippen LogP contribution in [0.2, 0.25) is 0 Å². The van der Waals surface area contributed by atoms with Gasteiger partial charge in [-0.25, -0.2) is 0 Å². The number of hydrogen-bond donors (Lipinski definition) is 1. The molecule has 0 atom stereocenters. The average Bonchev–Trinajstić information content (AvgIpc) is 2.15. The highest BCUT2D eigenvalue weighted by Gasteiger charge is 1.92. The second-order valence-electron chi connectivity index (χ2n) is 2.95. The van der Waals surface area contributed by atoms with E-state index in [0.717, 1.165) is 12.8 Å². The van der Waals surface area contributed by atoms with Gasteiger partial charge in [-0.1, -0.05) is 36.5 Å². The number of rotatable bonds is 7. The molecule has 0 rings (SSSR count). The quantitative estimate of drug-likeness (QED) is 0.383. The van der Waals surface area contributed by atoms with Gasteiger partial charge in [0.05, 0.1) is 0 Å². The Labute approximate surface area is 85.6 Å². The van der Waals surface area contributed by atoms with E-state index in [1.165, 1.54) is 0 Å². The first-order valence-electron chi connectivity index (χ1n) is 4.92. The van der Waals surface area contributed by atoms with Gasteiger partial charge in [0.25, 0.3) is 0 Å². The zero-order valence-electron chi connectivity index (χ0n) is 8.65. The molecule has 0 heterocycles. The maximum atomic E-state index is 10.2. The number of carboxylic acid groups (broad SMARTS) is 1. The molecule has 0 fully saturated rings. The van der Waals surface area contributed by atoms with E-state index in [9.17, 15) is 4.79 Å². The van der Waals surface area contributed by atoms with Gasteiger partial charge in [-0.15, -0.1) is 0 Å². The maximum absolute atomic E-state index is 10.2. The summed E-state index contributed by atoms with van der Waals surface area (Å²) in [6.07, 6.45) is 14.9. The molecule has 14 heavy (non-hydrogen) atoms. The molecule has 78 valence electrons. The van der Waals surface area contributed by atoms with Gasteiger partial charge in [-0.05, 0) is 26.2 Å². The van der Waals surface area contributed by atoms with E-state index in [2.05, 4.69) is 12.2 Å². The van der Waals surface area contributed by atoms with Gasteiger partial charge in [0.2, 0.25) is 0 Å². The van der Waals surface area contributed by atoms with Crippen LogP contribution in [-0.4, -0.2) is 11.1 Å². The zero-order valence-corrected chi connectivity index (χ0v) is 8.65. The molecule has 0 saturated carbocycles. The van der Waals surface area contributed by atoms with Crippen molar-refractivity contribution in [1.29, 1.82) is 0 Å². The summed E-state index contributed by atoms with van der Waals surface area (Å²) in [5, 5.41) is 8.37. The Bertz CT molecular complexity index is 224. The van der Waals surface area contributed by atoms with Gasteiger partial charge in [-0.2, -0.15) is 0 Å². The standard InChI is InChI=1S/C12H18O2/c1-2-3-4-5-6-7-8-9-10-11-12(13)14/h2-3,5-8H,4,9-11H2,1H3,(H,13,14). The van der Waals surface area contributed by atoms with Crippen molar-refractivity contribution in [2.75, 3.05) is 0 Å². The Balaban J connectivity index is 3.35. The van der Waals surface area contributed by atoms with Crippen LogP contribution < -0.4 is 0 Å². The Kier molecular flexibility index (Phi) is 8.86. The van der Waals surface area contributed by atoms with Crippen LogP contribution in [0.1, 0.15) is 32.6 Å². The molecule has 0 aromatic heterocycles. The first kappa shape index (κ1) is 12.7. The van der Waals surface area contributed by atoms with E-state index < -0.39 is 5.97 Å². The van der Waals surface area contributed by atoms with Crippen LogP contribution >= 0.6 is 0 Å². The molecular weight excluding hydrogens is 176 g/mol. The fraction of sp³-hybridized carbons (Fsp3) is 0.417. The zero-order chi connectivity index (χ0) is 10.6. The number of unbranched alkanes of at least 4 members (excludes halogenated alkanes) is 1. The van der Waals surface area contributed by atoms with Gasteiger partial charge in [0.15, 0.2) is 0 Å². The second kappa shape index (κ2) is 9.78. The third-order valence-corrected chi connectivity index (χ3v) is 1.65. The lowest BCUT2D eigenvalue weighted by molar-refractivity contribution is -0.137. The second-order valence-corrected chi connectivity index (χ2v) is 2.95. The molecule has 1 N–H and O–H groups in total. The Morgan fingerprint density at radius 3 is 2.57 bits per heavy atom. The molecule has 0 saturated heterocycles. The predicted molar refractivity (Wildman–Crippen MR) is 59.2 cm³/mol. The molecule has 0 unspecified atom stereocenters. The van der Waals surface area contributed by atoms with E-state index in [0.29, 0.717) is 6.42 Å². The van der Waals surface area contributed by atoms with Crippen LogP contribution in [0.25, 0.3) is 0 Å². The molecule has 2 nitrogen and oxygen atoms in total. The van der Waals surface area contributed by atoms with Crippen LogP contribution in [-0.2, 0) is 4.79 Å². The third-order valence-electron chi connectivity index (χ3n) is 1.65. The summed E-state index contributed by atoms with van der Waals surface area (Å²) in [5.41, 5.74) is 0. The van der Waals surface area contributed by atoms with Gasteiger partial charge < -0.3 is 5.11 Å². The molecule has 0 aromatic carbocycles. The fourth-order valence-corrected chi connectivity index (χ4v) is 0.918. The summed E-state index contributed by atoms with van der Waals surface area (Å²) in [5.74, 6) is -0.720. The molecule has 0 aliphatic heterocycles. The fourth-order valence-electron chi connectivity index (χ4n) is 0.918. The van der Waals surface area contributed by atoms with Crippen LogP contribution in [0.5, 0.6) is 0 Å². The van der Waals surface area contributed by atoms with Gasteiger partial charge in [-0.3, -0.25) is 4.79 Å². The minimum Gasteiger partial charge on any atom is -0.481 e. The molecule has 0 spiro atoms. The number of aliphatic carboxylic acids is 1. The number of carboxylic acids is 1. The summed E-state index contributed by atoms with van der Waals surface area (Å²) in [4.78, 5) is 10.2. The lowest BCUT2D eigenvalue weighted by atomic mass is 10.2. The highest BCUT2D eigenvalue weighted by Crippen LogP contribution is 1.96. The molecule has 0 aromatic rings. The lowest BCUT2D eigenvalue weighted by Gasteiger charge is -1.88. The molecule has 0 radical (unpaired) electrons. The minimum atomic E-state index is -0.720. The summed E-state index contributed by atoms with van der Waals surface area (Å²) < 4.78 is 0. The average molecular weight is 194 g/mol. The van der Waals surface area contributed by atoms with E-state index in [4.69, 9.17) is 5.11 Å². The Hall–Kier alpha value is -1.31. The molecule has 0 bridgehead atoms. The summed E-state index contributed by atoms with van der Waals surface area (Å²) in [6, 6.07) is 0. The first-order valence-corrected chi connectivity index (χ1v) is 4.92. The lowest BCUT2D eigenvalue weighted by Crippen LogP contribution is -1.92. The van der Waals surface area contributed by atoms with Gasteiger partial charge >= 0.3 is 5.97 Å². The van der Waals surface area contributed by atoms with E-state index in [1.807, 2.05) is 31.2 Å². The highest BCUT2D eigenvalue weighted by atomic mass is 16.4. The summed E-state index contributed by atoms with van der Waals surface area (Å²) >= 11 is 0. The van der Waals surface area contributed by atoms with Crippen molar-refractivity contribution in [2.24, 2.45) is 0 Å². The van der Waals surface area contributed by atoms with Crippen molar-refractivity contribution in [3.8, 4) is 0 Å². The van der Waals surface area contributed by atoms with Crippen molar-refractivity contribution in [3.05, 3.63) is 36.5 Å². The largest absolute Gasteiger partial charge is 0.481 e. The molecule has 0 aliphatic rings. The molecule has 0 amide bonds. The normalized spacial score (nSPS) is 12.1. The van der Waals surface area contributed by atoms with E-state index in [1.54, 1.807) is 0 Å². The monoisotopic (exact) mass is 194 g/mol. The van der Waals surface area contributed by atoms with Gasteiger partial charge in [0.1, 0.15) is 0 Å². The van der Waals surface area contributed by atoms with Crippen molar-refractivity contribution in [3.63, 3.8) is 0 Å². The van der Waals surface area contributed by atoms with Crippen molar-refractivity contribution in [2.45, 2.75) is 32.6 Å². The van der Waals surface area contributed by atoms with Crippen molar-refractivity contribution >= 4 is 5.97 Å². The van der Waals surface area contributed by atoms with Crippen LogP contribution in [0.4, 0.5) is 0 Å². The Morgan fingerprint density at radius 2 is 1.93 bits per heavy atom. The smallest absolute Gasteiger partial charge is 0.303 e. The number of allylic oxidation sites excluding steroid dienone is 6. The minimum absolute atomic E-state index is 0.257. The molecule has 0 aliphatic carbocycles. The van der Waals surface area contributed by atoms with Crippen LogP contribution in [0.3, 0.4) is 0 Å². The summed E-state index contributed by atoms with van der Waals surface area (Å²) in [7, 11) is 0. The van der Waals surface area contributed by atoms with Gasteiger partial charge in [0, 0.05) is 6.42 Å². The number of carbonyl (C=O) groups is 1. The van der Waals surface area contributed by atoms with E-state index in [-0.39, 0.29) is 6.42 Å². The van der Waals surface area contributed by atoms with Crippen LogP contribution in [0.15, 0.2) is 36.5 Å². The third kappa shape index (κ3) is 10.7. The Morgan fingerprint density at radius 1 is 1.21 bits per heavy atom. The number of hydrogen-bond acceptors (Lipinski definition) is 1. The summed E-state index contributed by atoms with van der Waals surface area (Å²) in [6.45, 7) is 2.00. The van der Waals surface area contributed by atoms with E-state index >= 15 is 0 Å². The van der Waals surface area contributed by atoms with Crippen molar-refractivity contribution < 1.29 is 9.90 Å². The van der Waals surface area contributed by atoms with Crippen molar-refractivity contribution in [1.82, 2.24) is 0 Å². The topological polar surface area (TPSA) is 37.3 Å². The highest BCUT2D eigenvalue weighted by molar-refractivity contribution is 5.66. The molecule has 2 heteroatoms. The molecular formula is C12H18O2.